The lowest BCUT2D eigenvalue weighted by Gasteiger charge is -2.34. The number of nitrogens with zero attached hydrogens (tertiary/aromatic N) is 3. The van der Waals surface area contributed by atoms with Crippen molar-refractivity contribution in [1.29, 1.82) is 0 Å². The van der Waals surface area contributed by atoms with Crippen LogP contribution in [0.5, 0.6) is 5.75 Å². The van der Waals surface area contributed by atoms with Crippen LogP contribution in [0.25, 0.3) is 10.9 Å². The molecule has 0 atom stereocenters. The van der Waals surface area contributed by atoms with Crippen molar-refractivity contribution in [2.45, 2.75) is 20.4 Å². The topological polar surface area (TPSA) is 64.0 Å². The molecule has 0 N–H and O–H groups in total. The highest BCUT2D eigenvalue weighted by atomic mass is 16.6. The van der Waals surface area contributed by atoms with Gasteiger partial charge in [0.05, 0.1) is 12.1 Å². The third-order valence-corrected chi connectivity index (χ3v) is 6.04. The van der Waals surface area contributed by atoms with Gasteiger partial charge in [0.1, 0.15) is 18.1 Å². The normalized spacial score (nSPS) is 13.7. The first-order chi connectivity index (χ1) is 16.5. The van der Waals surface area contributed by atoms with E-state index in [1.807, 2.05) is 24.3 Å². The highest BCUT2D eigenvalue weighted by molar-refractivity contribution is 6.00. The molecule has 34 heavy (non-hydrogen) atoms. The lowest BCUT2D eigenvalue weighted by molar-refractivity contribution is 0.0563. The largest absolute Gasteiger partial charge is 0.489 e. The minimum absolute atomic E-state index is 0.0542. The first-order valence-corrected chi connectivity index (χ1v) is 11.6. The zero-order valence-electron chi connectivity index (χ0n) is 19.8. The molecule has 4 rings (SSSR count). The van der Waals surface area contributed by atoms with Crippen molar-refractivity contribution >= 4 is 22.9 Å². The average Bonchev–Trinajstić information content (AvgIpc) is 3.22. The standard InChI is InChI=1S/C27H31N3O4/c1-4-17-34-25-8-6-7-23-22(25)18-24(30(23)19-21-11-9-20(3)10-12-21)26(31)28-13-15-29(16-14-28)27(32)33-5-2/h4,6-12,18H,1,5,13-17,19H2,2-3H3. The van der Waals surface area contributed by atoms with Crippen LogP contribution >= 0.6 is 0 Å². The van der Waals surface area contributed by atoms with Crippen molar-refractivity contribution in [2.24, 2.45) is 0 Å². The SMILES string of the molecule is C=CCOc1cccc2c1cc(C(=O)N1CCN(C(=O)OCC)CC1)n2Cc1ccc(C)cc1. The van der Waals surface area contributed by atoms with E-state index in [4.69, 9.17) is 9.47 Å². The fraction of sp³-hybridized carbons (Fsp3) is 0.333. The summed E-state index contributed by atoms with van der Waals surface area (Å²) >= 11 is 0. The Morgan fingerprint density at radius 3 is 2.41 bits per heavy atom. The summed E-state index contributed by atoms with van der Waals surface area (Å²) in [6, 6.07) is 16.1. The van der Waals surface area contributed by atoms with Gasteiger partial charge in [0.15, 0.2) is 0 Å². The molecule has 1 fully saturated rings. The van der Waals surface area contributed by atoms with Gasteiger partial charge < -0.3 is 23.8 Å². The van der Waals surface area contributed by atoms with Gasteiger partial charge in [-0.25, -0.2) is 4.79 Å². The fourth-order valence-corrected chi connectivity index (χ4v) is 4.22. The summed E-state index contributed by atoms with van der Waals surface area (Å²) < 4.78 is 13.0. The van der Waals surface area contributed by atoms with E-state index in [2.05, 4.69) is 42.3 Å². The van der Waals surface area contributed by atoms with Crippen LogP contribution in [0.2, 0.25) is 0 Å². The number of rotatable bonds is 7. The van der Waals surface area contributed by atoms with E-state index in [0.717, 1.165) is 22.2 Å². The van der Waals surface area contributed by atoms with E-state index in [1.54, 1.807) is 22.8 Å². The number of amides is 2. The minimum atomic E-state index is -0.327. The Labute approximate surface area is 200 Å². The number of aromatic nitrogens is 1. The molecular weight excluding hydrogens is 430 g/mol. The van der Waals surface area contributed by atoms with Crippen LogP contribution in [0.3, 0.4) is 0 Å². The number of benzene rings is 2. The molecule has 3 aromatic rings. The molecule has 0 unspecified atom stereocenters. The minimum Gasteiger partial charge on any atom is -0.489 e. The average molecular weight is 462 g/mol. The maximum Gasteiger partial charge on any atom is 0.409 e. The number of aryl methyl sites for hydroxylation is 1. The number of carbonyl (C=O) groups excluding carboxylic acids is 2. The molecule has 1 saturated heterocycles. The molecule has 0 radical (unpaired) electrons. The van der Waals surface area contributed by atoms with Crippen LogP contribution in [-0.4, -0.2) is 65.8 Å². The van der Waals surface area contributed by atoms with Crippen molar-refractivity contribution in [3.05, 3.63) is 78.0 Å². The van der Waals surface area contributed by atoms with Gasteiger partial charge in [-0.1, -0.05) is 48.6 Å². The third-order valence-electron chi connectivity index (χ3n) is 6.04. The van der Waals surface area contributed by atoms with Crippen molar-refractivity contribution in [2.75, 3.05) is 39.4 Å². The Balaban J connectivity index is 1.66. The van der Waals surface area contributed by atoms with Crippen molar-refractivity contribution in [3.63, 3.8) is 0 Å². The number of piperazine rings is 1. The molecular formula is C27H31N3O4. The first kappa shape index (κ1) is 23.4. The molecule has 0 aliphatic carbocycles. The van der Waals surface area contributed by atoms with Crippen LogP contribution in [0, 0.1) is 6.92 Å². The number of hydrogen-bond donors (Lipinski definition) is 0. The number of hydrogen-bond acceptors (Lipinski definition) is 4. The van der Waals surface area contributed by atoms with E-state index in [9.17, 15) is 9.59 Å². The van der Waals surface area contributed by atoms with Gasteiger partial charge in [-0.15, -0.1) is 0 Å². The van der Waals surface area contributed by atoms with E-state index in [1.165, 1.54) is 5.56 Å². The molecule has 1 aromatic heterocycles. The molecule has 2 aromatic carbocycles. The Morgan fingerprint density at radius 1 is 1.03 bits per heavy atom. The molecule has 7 nitrogen and oxygen atoms in total. The highest BCUT2D eigenvalue weighted by Gasteiger charge is 2.28. The summed E-state index contributed by atoms with van der Waals surface area (Å²) in [5.74, 6) is 0.669. The number of ether oxygens (including phenoxy) is 2. The Morgan fingerprint density at radius 2 is 1.74 bits per heavy atom. The van der Waals surface area contributed by atoms with E-state index in [-0.39, 0.29) is 12.0 Å². The third kappa shape index (κ3) is 4.93. The highest BCUT2D eigenvalue weighted by Crippen LogP contribution is 2.31. The van der Waals surface area contributed by atoms with Gasteiger partial charge in [-0.05, 0) is 37.6 Å². The molecule has 0 spiro atoms. The van der Waals surface area contributed by atoms with Crippen molar-refractivity contribution in [3.8, 4) is 5.75 Å². The number of carbonyl (C=O) groups is 2. The number of fused-ring (bicyclic) bond motifs is 1. The quantitative estimate of drug-likeness (QED) is 0.487. The molecule has 0 saturated carbocycles. The second-order valence-electron chi connectivity index (χ2n) is 8.37. The summed E-state index contributed by atoms with van der Waals surface area (Å²) in [6.07, 6.45) is 1.38. The predicted octanol–water partition coefficient (Wildman–Crippen LogP) is 4.48. The molecule has 7 heteroatoms. The van der Waals surface area contributed by atoms with Crippen molar-refractivity contribution in [1.82, 2.24) is 14.4 Å². The Kier molecular flexibility index (Phi) is 7.21. The summed E-state index contributed by atoms with van der Waals surface area (Å²) in [4.78, 5) is 29.2. The van der Waals surface area contributed by atoms with Crippen LogP contribution in [-0.2, 0) is 11.3 Å². The van der Waals surface area contributed by atoms with Crippen LogP contribution in [0.4, 0.5) is 4.79 Å². The lowest BCUT2D eigenvalue weighted by Crippen LogP contribution is -2.51. The van der Waals surface area contributed by atoms with Crippen LogP contribution in [0.15, 0.2) is 61.2 Å². The molecule has 2 heterocycles. The second-order valence-corrected chi connectivity index (χ2v) is 8.37. The smallest absolute Gasteiger partial charge is 0.409 e. The molecule has 1 aliphatic rings. The second kappa shape index (κ2) is 10.5. The van der Waals surface area contributed by atoms with Gasteiger partial charge in [0.2, 0.25) is 0 Å². The molecule has 178 valence electrons. The lowest BCUT2D eigenvalue weighted by atomic mass is 10.1. The Bertz CT molecular complexity index is 1170. The summed E-state index contributed by atoms with van der Waals surface area (Å²) in [5, 5.41) is 0.893. The maximum atomic E-state index is 13.7. The zero-order valence-corrected chi connectivity index (χ0v) is 19.8. The van der Waals surface area contributed by atoms with E-state index < -0.39 is 0 Å². The van der Waals surface area contributed by atoms with Crippen LogP contribution in [0.1, 0.15) is 28.5 Å². The first-order valence-electron chi connectivity index (χ1n) is 11.6. The van der Waals surface area contributed by atoms with Gasteiger partial charge >= 0.3 is 6.09 Å². The molecule has 0 bridgehead atoms. The van der Waals surface area contributed by atoms with E-state index in [0.29, 0.717) is 51.6 Å². The Hall–Kier alpha value is -3.74. The van der Waals surface area contributed by atoms with Crippen LogP contribution < -0.4 is 4.74 Å². The summed E-state index contributed by atoms with van der Waals surface area (Å²) in [7, 11) is 0. The summed E-state index contributed by atoms with van der Waals surface area (Å²) in [6.45, 7) is 10.7. The van der Waals surface area contributed by atoms with Gasteiger partial charge in [-0.2, -0.15) is 0 Å². The zero-order chi connectivity index (χ0) is 24.1. The van der Waals surface area contributed by atoms with Gasteiger partial charge in [0, 0.05) is 38.1 Å². The summed E-state index contributed by atoms with van der Waals surface area (Å²) in [5.41, 5.74) is 3.85. The van der Waals surface area contributed by atoms with Gasteiger partial charge in [-0.3, -0.25) is 4.79 Å². The van der Waals surface area contributed by atoms with E-state index >= 15 is 0 Å². The monoisotopic (exact) mass is 461 g/mol. The van der Waals surface area contributed by atoms with Crippen molar-refractivity contribution < 1.29 is 19.1 Å². The predicted molar refractivity (Wildman–Crippen MR) is 132 cm³/mol. The van der Waals surface area contributed by atoms with Gasteiger partial charge in [0.25, 0.3) is 5.91 Å². The maximum absolute atomic E-state index is 13.7. The fourth-order valence-electron chi connectivity index (χ4n) is 4.22. The molecule has 1 aliphatic heterocycles. The molecule has 2 amide bonds.